The molecule has 1 aliphatic rings. The number of hydrogen-bond donors (Lipinski definition) is 1. The average Bonchev–Trinajstić information content (AvgIpc) is 2.49. The van der Waals surface area contributed by atoms with E-state index < -0.39 is 0 Å². The van der Waals surface area contributed by atoms with Crippen LogP contribution < -0.4 is 10.5 Å². The molecule has 0 saturated heterocycles. The van der Waals surface area contributed by atoms with Crippen molar-refractivity contribution in [3.05, 3.63) is 58.6 Å². The second-order valence-corrected chi connectivity index (χ2v) is 6.85. The minimum atomic E-state index is -0.0638. The topological polar surface area (TPSA) is 35.2 Å². The van der Waals surface area contributed by atoms with Crippen LogP contribution in [0.15, 0.2) is 47.4 Å². The SMILES string of the molecule is Cc1ccc(CC(N)C2CSc3ccccc3O2)c(Cl)c1. The molecule has 2 unspecified atom stereocenters. The maximum absolute atomic E-state index is 6.35. The molecule has 0 amide bonds. The van der Waals surface area contributed by atoms with E-state index in [1.807, 2.05) is 31.2 Å². The Morgan fingerprint density at radius 1 is 1.33 bits per heavy atom. The van der Waals surface area contributed by atoms with Gasteiger partial charge in [0.15, 0.2) is 0 Å². The highest BCUT2D eigenvalue weighted by atomic mass is 35.5. The zero-order valence-electron chi connectivity index (χ0n) is 11.9. The lowest BCUT2D eigenvalue weighted by molar-refractivity contribution is 0.184. The van der Waals surface area contributed by atoms with Gasteiger partial charge in [0.2, 0.25) is 0 Å². The normalized spacial score (nSPS) is 18.7. The van der Waals surface area contributed by atoms with Crippen LogP contribution in [0.2, 0.25) is 5.02 Å². The van der Waals surface area contributed by atoms with E-state index in [-0.39, 0.29) is 12.1 Å². The van der Waals surface area contributed by atoms with Gasteiger partial charge in [-0.25, -0.2) is 0 Å². The predicted molar refractivity (Wildman–Crippen MR) is 89.5 cm³/mol. The zero-order chi connectivity index (χ0) is 14.8. The minimum absolute atomic E-state index is 0.0160. The molecule has 2 N–H and O–H groups in total. The lowest BCUT2D eigenvalue weighted by Gasteiger charge is -2.30. The molecule has 0 fully saturated rings. The fraction of sp³-hybridized carbons (Fsp3) is 0.294. The molecule has 0 aliphatic carbocycles. The van der Waals surface area contributed by atoms with E-state index in [9.17, 15) is 0 Å². The molecule has 1 heterocycles. The summed E-state index contributed by atoms with van der Waals surface area (Å²) in [5, 5.41) is 0.786. The first-order chi connectivity index (χ1) is 10.1. The van der Waals surface area contributed by atoms with Crippen LogP contribution in [0.4, 0.5) is 0 Å². The first-order valence-electron chi connectivity index (χ1n) is 7.02. The number of nitrogens with two attached hydrogens (primary N) is 1. The third kappa shape index (κ3) is 3.37. The van der Waals surface area contributed by atoms with E-state index in [2.05, 4.69) is 18.2 Å². The van der Waals surface area contributed by atoms with E-state index in [0.29, 0.717) is 0 Å². The largest absolute Gasteiger partial charge is 0.487 e. The highest BCUT2D eigenvalue weighted by Crippen LogP contribution is 2.36. The molecule has 0 spiro atoms. The zero-order valence-corrected chi connectivity index (χ0v) is 13.5. The monoisotopic (exact) mass is 319 g/mol. The number of benzene rings is 2. The van der Waals surface area contributed by atoms with E-state index in [1.54, 1.807) is 11.8 Å². The van der Waals surface area contributed by atoms with Gasteiger partial charge in [-0.2, -0.15) is 0 Å². The van der Waals surface area contributed by atoms with E-state index in [4.69, 9.17) is 22.1 Å². The highest BCUT2D eigenvalue weighted by molar-refractivity contribution is 7.99. The highest BCUT2D eigenvalue weighted by Gasteiger charge is 2.26. The number of rotatable bonds is 3. The first-order valence-corrected chi connectivity index (χ1v) is 8.39. The molecule has 0 radical (unpaired) electrons. The molecule has 4 heteroatoms. The molecule has 0 aromatic heterocycles. The van der Waals surface area contributed by atoms with Gasteiger partial charge in [-0.3, -0.25) is 0 Å². The lowest BCUT2D eigenvalue weighted by Crippen LogP contribution is -2.43. The molecular weight excluding hydrogens is 302 g/mol. The van der Waals surface area contributed by atoms with Crippen LogP contribution in [-0.4, -0.2) is 17.9 Å². The molecular formula is C17H18ClNOS. The second kappa shape index (κ2) is 6.30. The molecule has 2 aromatic carbocycles. The van der Waals surface area contributed by atoms with Gasteiger partial charge in [-0.05, 0) is 42.7 Å². The Morgan fingerprint density at radius 2 is 2.14 bits per heavy atom. The minimum Gasteiger partial charge on any atom is -0.487 e. The van der Waals surface area contributed by atoms with Crippen LogP contribution in [0, 0.1) is 6.92 Å². The maximum Gasteiger partial charge on any atom is 0.133 e. The van der Waals surface area contributed by atoms with Gasteiger partial charge < -0.3 is 10.5 Å². The van der Waals surface area contributed by atoms with Crippen molar-refractivity contribution in [1.29, 1.82) is 0 Å². The summed E-state index contributed by atoms with van der Waals surface area (Å²) in [5.74, 6) is 1.81. The van der Waals surface area contributed by atoms with E-state index in [0.717, 1.165) is 34.1 Å². The fourth-order valence-corrected chi connectivity index (χ4v) is 3.85. The van der Waals surface area contributed by atoms with Crippen molar-refractivity contribution in [2.24, 2.45) is 5.73 Å². The Labute approximate surface area is 134 Å². The van der Waals surface area contributed by atoms with Crippen molar-refractivity contribution < 1.29 is 4.74 Å². The third-order valence-corrected chi connectivity index (χ3v) is 5.17. The summed E-state index contributed by atoms with van der Waals surface area (Å²) in [6.07, 6.45) is 0.745. The van der Waals surface area contributed by atoms with Crippen molar-refractivity contribution in [2.45, 2.75) is 30.4 Å². The van der Waals surface area contributed by atoms with Crippen LogP contribution in [0.3, 0.4) is 0 Å². The smallest absolute Gasteiger partial charge is 0.133 e. The summed E-state index contributed by atoms with van der Waals surface area (Å²) in [5.41, 5.74) is 8.60. The molecule has 1 aliphatic heterocycles. The number of halogens is 1. The summed E-state index contributed by atoms with van der Waals surface area (Å²) in [7, 11) is 0. The Morgan fingerprint density at radius 3 is 2.95 bits per heavy atom. The summed E-state index contributed by atoms with van der Waals surface area (Å²) in [6.45, 7) is 2.04. The van der Waals surface area contributed by atoms with Gasteiger partial charge in [-0.15, -0.1) is 11.8 Å². The number of para-hydroxylation sites is 1. The molecule has 2 aromatic rings. The summed E-state index contributed by atoms with van der Waals surface area (Å²) < 4.78 is 6.04. The molecule has 2 nitrogen and oxygen atoms in total. The number of hydrogen-bond acceptors (Lipinski definition) is 3. The van der Waals surface area contributed by atoms with Crippen molar-refractivity contribution in [2.75, 3.05) is 5.75 Å². The van der Waals surface area contributed by atoms with Crippen molar-refractivity contribution in [3.8, 4) is 5.75 Å². The number of aryl methyl sites for hydroxylation is 1. The fourth-order valence-electron chi connectivity index (χ4n) is 2.45. The Kier molecular flexibility index (Phi) is 4.43. The Hall–Kier alpha value is -1.16. The van der Waals surface area contributed by atoms with Gasteiger partial charge in [0, 0.05) is 21.7 Å². The Balaban J connectivity index is 1.70. The summed E-state index contributed by atoms with van der Waals surface area (Å²) in [4.78, 5) is 1.19. The number of ether oxygens (including phenoxy) is 1. The van der Waals surface area contributed by atoms with Crippen LogP contribution in [0.1, 0.15) is 11.1 Å². The van der Waals surface area contributed by atoms with Gasteiger partial charge in [0.05, 0.1) is 0 Å². The molecule has 110 valence electrons. The summed E-state index contributed by atoms with van der Waals surface area (Å²) in [6, 6.07) is 14.1. The van der Waals surface area contributed by atoms with Gasteiger partial charge in [-0.1, -0.05) is 35.9 Å². The van der Waals surface area contributed by atoms with Crippen molar-refractivity contribution >= 4 is 23.4 Å². The van der Waals surface area contributed by atoms with Crippen LogP contribution in [0.25, 0.3) is 0 Å². The first kappa shape index (κ1) is 14.8. The number of thioether (sulfide) groups is 1. The predicted octanol–water partition coefficient (Wildman–Crippen LogP) is 4.07. The maximum atomic E-state index is 6.35. The van der Waals surface area contributed by atoms with Gasteiger partial charge in [0.1, 0.15) is 11.9 Å². The van der Waals surface area contributed by atoms with Crippen LogP contribution in [0.5, 0.6) is 5.75 Å². The standard InChI is InChI=1S/C17H18ClNOS/c1-11-6-7-12(13(18)8-11)9-14(19)16-10-21-17-5-3-2-4-15(17)20-16/h2-8,14,16H,9-10,19H2,1H3. The second-order valence-electron chi connectivity index (χ2n) is 5.38. The molecule has 21 heavy (non-hydrogen) atoms. The van der Waals surface area contributed by atoms with Crippen LogP contribution in [-0.2, 0) is 6.42 Å². The Bertz CT molecular complexity index is 646. The third-order valence-electron chi connectivity index (χ3n) is 3.67. The molecule has 3 rings (SSSR count). The number of fused-ring (bicyclic) bond motifs is 1. The van der Waals surface area contributed by atoms with Crippen molar-refractivity contribution in [3.63, 3.8) is 0 Å². The van der Waals surface area contributed by atoms with Crippen LogP contribution >= 0.6 is 23.4 Å². The molecule has 0 saturated carbocycles. The lowest BCUT2D eigenvalue weighted by atomic mass is 10.0. The molecule has 0 bridgehead atoms. The van der Waals surface area contributed by atoms with Crippen molar-refractivity contribution in [1.82, 2.24) is 0 Å². The van der Waals surface area contributed by atoms with E-state index in [1.165, 1.54) is 4.90 Å². The summed E-state index contributed by atoms with van der Waals surface area (Å²) >= 11 is 8.10. The quantitative estimate of drug-likeness (QED) is 0.926. The van der Waals surface area contributed by atoms with E-state index >= 15 is 0 Å². The van der Waals surface area contributed by atoms with Gasteiger partial charge in [0.25, 0.3) is 0 Å². The molecule has 2 atom stereocenters. The average molecular weight is 320 g/mol. The van der Waals surface area contributed by atoms with Gasteiger partial charge >= 0.3 is 0 Å².